The molecule has 9 nitrogen and oxygen atoms in total. The van der Waals surface area contributed by atoms with Crippen LogP contribution in [0.2, 0.25) is 0 Å². The van der Waals surface area contributed by atoms with Gasteiger partial charge in [0.2, 0.25) is 0 Å². The second kappa shape index (κ2) is 9.33. The molecular formula is C26H32N6O3S. The summed E-state index contributed by atoms with van der Waals surface area (Å²) in [6, 6.07) is 9.77. The molecule has 2 aliphatic heterocycles. The molecule has 0 unspecified atom stereocenters. The third-order valence-electron chi connectivity index (χ3n) is 6.96. The number of fused-ring (bicyclic) bond motifs is 2. The van der Waals surface area contributed by atoms with Crippen molar-refractivity contribution >= 4 is 27.2 Å². The highest BCUT2D eigenvalue weighted by atomic mass is 32.2. The van der Waals surface area contributed by atoms with Crippen LogP contribution in [0, 0.1) is 0 Å². The summed E-state index contributed by atoms with van der Waals surface area (Å²) in [5.41, 5.74) is 5.34. The van der Waals surface area contributed by atoms with Crippen LogP contribution in [0.25, 0.3) is 0 Å². The Morgan fingerprint density at radius 2 is 1.97 bits per heavy atom. The monoisotopic (exact) mass is 508 g/mol. The molecule has 2 N–H and O–H groups in total. The van der Waals surface area contributed by atoms with Crippen LogP contribution in [0.5, 0.6) is 5.75 Å². The Balaban J connectivity index is 1.36. The molecule has 0 saturated heterocycles. The maximum atomic E-state index is 11.7. The smallest absolute Gasteiger partial charge is 0.171 e. The number of anilines is 3. The molecule has 0 aliphatic carbocycles. The molecule has 190 valence electrons. The summed E-state index contributed by atoms with van der Waals surface area (Å²) in [4.78, 5) is 17.6. The van der Waals surface area contributed by atoms with E-state index < -0.39 is 9.84 Å². The Morgan fingerprint density at radius 3 is 2.75 bits per heavy atom. The molecule has 5 rings (SSSR count). The fourth-order valence-electron chi connectivity index (χ4n) is 5.27. The number of nitrogens with zero attached hydrogens (tertiary/aromatic N) is 5. The molecule has 4 heterocycles. The summed E-state index contributed by atoms with van der Waals surface area (Å²) >= 11 is 0. The number of aromatic nitrogens is 3. The van der Waals surface area contributed by atoms with Gasteiger partial charge < -0.3 is 15.3 Å². The molecule has 3 aromatic rings. The molecule has 10 heteroatoms. The van der Waals surface area contributed by atoms with Crippen LogP contribution >= 0.6 is 0 Å². The van der Waals surface area contributed by atoms with Gasteiger partial charge in [-0.25, -0.2) is 23.4 Å². The minimum Gasteiger partial charge on any atom is -0.504 e. The fraction of sp³-hybridized carbons (Fsp3) is 0.423. The van der Waals surface area contributed by atoms with Crippen molar-refractivity contribution in [3.63, 3.8) is 0 Å². The molecule has 0 atom stereocenters. The Kier molecular flexibility index (Phi) is 6.34. The average molecular weight is 509 g/mol. The minimum atomic E-state index is -3.01. The van der Waals surface area contributed by atoms with E-state index in [1.54, 1.807) is 24.7 Å². The van der Waals surface area contributed by atoms with E-state index in [2.05, 4.69) is 57.2 Å². The van der Waals surface area contributed by atoms with Gasteiger partial charge in [0, 0.05) is 55.3 Å². The quantitative estimate of drug-likeness (QED) is 0.519. The lowest BCUT2D eigenvalue weighted by Gasteiger charge is -2.40. The molecule has 0 fully saturated rings. The number of nitrogens with one attached hydrogen (secondary N) is 1. The lowest BCUT2D eigenvalue weighted by molar-refractivity contribution is 0.204. The van der Waals surface area contributed by atoms with Gasteiger partial charge in [-0.1, -0.05) is 19.9 Å². The van der Waals surface area contributed by atoms with Gasteiger partial charge in [0.15, 0.2) is 11.6 Å². The molecule has 1 aromatic carbocycles. The Hall–Kier alpha value is -3.24. The topological polar surface area (TPSA) is 112 Å². The fourth-order valence-corrected chi connectivity index (χ4v) is 5.86. The summed E-state index contributed by atoms with van der Waals surface area (Å²) in [6.07, 6.45) is 5.26. The molecule has 0 radical (unpaired) electrons. The number of sulfone groups is 1. The molecule has 0 saturated carbocycles. The van der Waals surface area contributed by atoms with Crippen LogP contribution in [0.3, 0.4) is 0 Å². The van der Waals surface area contributed by atoms with Crippen molar-refractivity contribution in [1.82, 2.24) is 19.9 Å². The molecular weight excluding hydrogens is 476 g/mol. The maximum Gasteiger partial charge on any atom is 0.171 e. The summed E-state index contributed by atoms with van der Waals surface area (Å²) in [5, 5.41) is 13.7. The van der Waals surface area contributed by atoms with Gasteiger partial charge in [0.05, 0.1) is 18.0 Å². The number of aromatic hydroxyl groups is 1. The molecule has 0 bridgehead atoms. The summed E-state index contributed by atoms with van der Waals surface area (Å²) in [7, 11) is -3.01. The van der Waals surface area contributed by atoms with E-state index in [-0.39, 0.29) is 16.9 Å². The number of pyridine rings is 1. The third kappa shape index (κ3) is 5.15. The Labute approximate surface area is 212 Å². The third-order valence-corrected chi connectivity index (χ3v) is 7.88. The maximum absolute atomic E-state index is 11.7. The van der Waals surface area contributed by atoms with Crippen molar-refractivity contribution < 1.29 is 13.5 Å². The van der Waals surface area contributed by atoms with Gasteiger partial charge in [0.1, 0.15) is 22.0 Å². The zero-order valence-corrected chi connectivity index (χ0v) is 21.7. The first kappa shape index (κ1) is 24.5. The van der Waals surface area contributed by atoms with Gasteiger partial charge in [-0.2, -0.15) is 0 Å². The zero-order chi connectivity index (χ0) is 25.5. The number of rotatable bonds is 6. The van der Waals surface area contributed by atoms with E-state index >= 15 is 0 Å². The van der Waals surface area contributed by atoms with Crippen LogP contribution in [0.4, 0.5) is 17.3 Å². The van der Waals surface area contributed by atoms with E-state index in [0.717, 1.165) is 35.7 Å². The zero-order valence-electron chi connectivity index (χ0n) is 20.9. The van der Waals surface area contributed by atoms with E-state index in [4.69, 9.17) is 0 Å². The van der Waals surface area contributed by atoms with Gasteiger partial charge in [-0.05, 0) is 41.8 Å². The standard InChI is InChI=1S/C26H32N6O3S/c1-26(2)16-31(11-12-36(3,34)35)14-18-13-19(6-7-21(18)26)30-24-20-8-10-32(15-22(20)28-17-29-24)25-23(33)5-4-9-27-25/h4-7,9,13,17,33H,8,10-12,14-16H2,1-3H3,(H,28,29,30). The van der Waals surface area contributed by atoms with Crippen LogP contribution in [0.1, 0.15) is 36.2 Å². The Morgan fingerprint density at radius 1 is 1.14 bits per heavy atom. The lowest BCUT2D eigenvalue weighted by Crippen LogP contribution is -2.43. The number of benzene rings is 1. The molecule has 0 spiro atoms. The van der Waals surface area contributed by atoms with Crippen molar-refractivity contribution in [2.24, 2.45) is 0 Å². The highest BCUT2D eigenvalue weighted by Crippen LogP contribution is 2.36. The largest absolute Gasteiger partial charge is 0.504 e. The van der Waals surface area contributed by atoms with Crippen LogP contribution < -0.4 is 10.2 Å². The highest BCUT2D eigenvalue weighted by Gasteiger charge is 2.32. The van der Waals surface area contributed by atoms with E-state index in [9.17, 15) is 13.5 Å². The minimum absolute atomic E-state index is 0.0712. The summed E-state index contributed by atoms with van der Waals surface area (Å²) < 4.78 is 23.4. The second-order valence-corrected chi connectivity index (χ2v) is 12.6. The second-order valence-electron chi connectivity index (χ2n) is 10.4. The van der Waals surface area contributed by atoms with Crippen molar-refractivity contribution in [2.45, 2.75) is 38.8 Å². The number of hydrogen-bond acceptors (Lipinski definition) is 9. The molecule has 0 amide bonds. The van der Waals surface area contributed by atoms with E-state index in [1.807, 2.05) is 4.90 Å². The average Bonchev–Trinajstić information content (AvgIpc) is 2.82. The highest BCUT2D eigenvalue weighted by molar-refractivity contribution is 7.90. The van der Waals surface area contributed by atoms with Gasteiger partial charge >= 0.3 is 0 Å². The molecule has 36 heavy (non-hydrogen) atoms. The van der Waals surface area contributed by atoms with Crippen LogP contribution in [-0.2, 0) is 34.8 Å². The van der Waals surface area contributed by atoms with E-state index in [1.165, 1.54) is 17.4 Å². The van der Waals surface area contributed by atoms with Crippen LogP contribution in [-0.4, -0.2) is 65.0 Å². The molecule has 2 aliphatic rings. The van der Waals surface area contributed by atoms with Crippen molar-refractivity contribution in [3.8, 4) is 5.75 Å². The van der Waals surface area contributed by atoms with Crippen molar-refractivity contribution in [3.05, 3.63) is 65.2 Å². The van der Waals surface area contributed by atoms with E-state index in [0.29, 0.717) is 32.0 Å². The van der Waals surface area contributed by atoms with Gasteiger partial charge in [0.25, 0.3) is 0 Å². The van der Waals surface area contributed by atoms with Crippen LogP contribution in [0.15, 0.2) is 42.9 Å². The predicted molar refractivity (Wildman–Crippen MR) is 140 cm³/mol. The normalized spacial score (nSPS) is 17.4. The SMILES string of the molecule is CC1(C)CN(CCS(C)(=O)=O)Cc2cc(Nc3ncnc4c3CCN(c3ncccc3O)C4)ccc21. The lowest BCUT2D eigenvalue weighted by atomic mass is 9.78. The van der Waals surface area contributed by atoms with Crippen molar-refractivity contribution in [1.29, 1.82) is 0 Å². The summed E-state index contributed by atoms with van der Waals surface area (Å²) in [5.74, 6) is 1.68. The Bertz CT molecular complexity index is 1390. The summed E-state index contributed by atoms with van der Waals surface area (Å²) in [6.45, 7) is 7.73. The van der Waals surface area contributed by atoms with Crippen molar-refractivity contribution in [2.75, 3.05) is 41.9 Å². The van der Waals surface area contributed by atoms with Gasteiger partial charge in [-0.3, -0.25) is 4.90 Å². The first-order chi connectivity index (χ1) is 17.1. The first-order valence-electron chi connectivity index (χ1n) is 12.1. The number of hydrogen-bond donors (Lipinski definition) is 2. The molecule has 2 aromatic heterocycles. The predicted octanol–water partition coefficient (Wildman–Crippen LogP) is 3.02. The van der Waals surface area contributed by atoms with Gasteiger partial charge in [-0.15, -0.1) is 0 Å². The first-order valence-corrected chi connectivity index (χ1v) is 14.2.